The molecule has 0 radical (unpaired) electrons. The number of unbranched alkanes of at least 4 members (excludes halogenated alkanes) is 13. The van der Waals surface area contributed by atoms with Crippen molar-refractivity contribution in [2.45, 2.75) is 109 Å². The van der Waals surface area contributed by atoms with Gasteiger partial charge < -0.3 is 5.11 Å². The number of carbonyl (C=O) groups is 1. The molecule has 1 amide bonds. The van der Waals surface area contributed by atoms with E-state index in [-0.39, 0.29) is 80.8 Å². The number of aryl methyl sites for hydroxylation is 1. The van der Waals surface area contributed by atoms with Gasteiger partial charge in [0, 0.05) is 0 Å². The van der Waals surface area contributed by atoms with E-state index in [1.807, 2.05) is 0 Å². The minimum atomic E-state index is -4.83. The van der Waals surface area contributed by atoms with Crippen LogP contribution >= 0.6 is 0 Å². The predicted molar refractivity (Wildman–Crippen MR) is 130 cm³/mol. The summed E-state index contributed by atoms with van der Waals surface area (Å²) in [5, 5.41) is 10.9. The zero-order valence-corrected chi connectivity index (χ0v) is 27.6. The van der Waals surface area contributed by atoms with E-state index in [0.29, 0.717) is 4.90 Å². The first-order valence-corrected chi connectivity index (χ1v) is 12.8. The van der Waals surface area contributed by atoms with Crippen LogP contribution in [0.1, 0.15) is 102 Å². The van der Waals surface area contributed by atoms with Gasteiger partial charge in [-0.15, -0.1) is 6.26 Å². The van der Waals surface area contributed by atoms with Gasteiger partial charge in [-0.05, 0) is 30.5 Å². The molecule has 1 aliphatic heterocycles. The summed E-state index contributed by atoms with van der Waals surface area (Å²) < 4.78 is 39.7. The summed E-state index contributed by atoms with van der Waals surface area (Å²) in [5.41, 5.74) is 0.334. The average Bonchev–Trinajstić information content (AvgIpc) is 3.16. The SMILES string of the molecule is CCCCCCCCCCCCCCCCc1ccc(N2C(=O)/C(=C/[O-])N=C2C(F)(F)F)cc1.[Cs+]. The van der Waals surface area contributed by atoms with E-state index in [4.69, 9.17) is 0 Å². The quantitative estimate of drug-likeness (QED) is 0.160. The van der Waals surface area contributed by atoms with Crippen molar-refractivity contribution >= 4 is 17.4 Å². The second kappa shape index (κ2) is 18.1. The number of rotatable bonds is 16. The van der Waals surface area contributed by atoms with Crippen molar-refractivity contribution in [1.82, 2.24) is 0 Å². The first kappa shape index (κ1) is 32.8. The van der Waals surface area contributed by atoms with Gasteiger partial charge in [-0.25, -0.2) is 4.99 Å². The molecular weight excluding hydrogens is 574 g/mol. The normalized spacial score (nSPS) is 15.0. The van der Waals surface area contributed by atoms with Crippen LogP contribution in [-0.2, 0) is 11.2 Å². The number of alkyl halides is 3. The fourth-order valence-corrected chi connectivity index (χ4v) is 4.26. The Labute approximate surface area is 267 Å². The Balaban J connectivity index is 0.00000612. The summed E-state index contributed by atoms with van der Waals surface area (Å²) in [7, 11) is 0. The molecule has 0 aromatic heterocycles. The third-order valence-electron chi connectivity index (χ3n) is 6.24. The van der Waals surface area contributed by atoms with Gasteiger partial charge in [0.15, 0.2) is 0 Å². The van der Waals surface area contributed by atoms with Crippen molar-refractivity contribution in [3.8, 4) is 0 Å². The molecule has 0 atom stereocenters. The van der Waals surface area contributed by atoms with Crippen molar-refractivity contribution in [2.75, 3.05) is 4.90 Å². The Morgan fingerprint density at radius 1 is 0.829 bits per heavy atom. The molecular formula is C27H38CsF3N2O2. The van der Waals surface area contributed by atoms with Crippen LogP contribution in [-0.4, -0.2) is 17.9 Å². The molecule has 35 heavy (non-hydrogen) atoms. The van der Waals surface area contributed by atoms with Crippen LogP contribution in [0, 0.1) is 0 Å². The molecule has 0 N–H and O–H groups in total. The van der Waals surface area contributed by atoms with Gasteiger partial charge in [-0.1, -0.05) is 103 Å². The van der Waals surface area contributed by atoms with Gasteiger partial charge in [-0.2, -0.15) is 13.2 Å². The number of carbonyl (C=O) groups excluding carboxylic acids is 1. The zero-order valence-electron chi connectivity index (χ0n) is 21.3. The molecule has 8 heteroatoms. The molecule has 1 heterocycles. The molecule has 190 valence electrons. The molecule has 1 aliphatic rings. The van der Waals surface area contributed by atoms with Gasteiger partial charge in [0.25, 0.3) is 5.91 Å². The van der Waals surface area contributed by atoms with Gasteiger partial charge in [0.05, 0.1) is 5.69 Å². The number of benzene rings is 1. The first-order chi connectivity index (χ1) is 16.4. The number of halogens is 3. The van der Waals surface area contributed by atoms with Crippen LogP contribution in [0.5, 0.6) is 0 Å². The minimum absolute atomic E-state index is 0. The summed E-state index contributed by atoms with van der Waals surface area (Å²) in [6.07, 6.45) is 14.2. The summed E-state index contributed by atoms with van der Waals surface area (Å²) in [4.78, 5) is 15.8. The Hall–Kier alpha value is -0.258. The fraction of sp³-hybridized carbons (Fsp3) is 0.630. The topological polar surface area (TPSA) is 55.7 Å². The van der Waals surface area contributed by atoms with Crippen molar-refractivity contribution < 1.29 is 92.0 Å². The molecule has 0 fully saturated rings. The minimum Gasteiger partial charge on any atom is -0.876 e. The van der Waals surface area contributed by atoms with Crippen LogP contribution in [0.3, 0.4) is 0 Å². The maximum absolute atomic E-state index is 13.2. The summed E-state index contributed by atoms with van der Waals surface area (Å²) >= 11 is 0. The zero-order chi connectivity index (χ0) is 24.8. The molecule has 4 nitrogen and oxygen atoms in total. The molecule has 0 spiro atoms. The predicted octanol–water partition coefficient (Wildman–Crippen LogP) is 4.22. The maximum Gasteiger partial charge on any atom is 1.00 e. The molecule has 1 aromatic carbocycles. The molecule has 0 saturated carbocycles. The molecule has 0 aliphatic carbocycles. The van der Waals surface area contributed by atoms with Gasteiger partial charge >= 0.3 is 75.1 Å². The Morgan fingerprint density at radius 2 is 1.29 bits per heavy atom. The van der Waals surface area contributed by atoms with E-state index in [2.05, 4.69) is 11.9 Å². The third-order valence-corrected chi connectivity index (χ3v) is 6.24. The number of nitrogens with zero attached hydrogens (tertiary/aromatic N) is 2. The Morgan fingerprint density at radius 3 is 1.71 bits per heavy atom. The second-order valence-electron chi connectivity index (χ2n) is 9.09. The second-order valence-corrected chi connectivity index (χ2v) is 9.09. The van der Waals surface area contributed by atoms with Crippen LogP contribution in [0.25, 0.3) is 0 Å². The van der Waals surface area contributed by atoms with Crippen molar-refractivity contribution in [2.24, 2.45) is 4.99 Å². The number of amides is 1. The fourth-order valence-electron chi connectivity index (χ4n) is 4.26. The van der Waals surface area contributed by atoms with Crippen LogP contribution in [0.15, 0.2) is 41.2 Å². The van der Waals surface area contributed by atoms with E-state index in [1.165, 1.54) is 89.2 Å². The van der Waals surface area contributed by atoms with Gasteiger partial charge in [0.2, 0.25) is 5.84 Å². The van der Waals surface area contributed by atoms with E-state index >= 15 is 0 Å². The number of amidine groups is 1. The van der Waals surface area contributed by atoms with Crippen molar-refractivity contribution in [3.05, 3.63) is 41.8 Å². The molecule has 0 unspecified atom stereocenters. The largest absolute Gasteiger partial charge is 1.00 e. The van der Waals surface area contributed by atoms with Crippen molar-refractivity contribution in [3.63, 3.8) is 0 Å². The summed E-state index contributed by atoms with van der Waals surface area (Å²) in [6.45, 7) is 2.25. The van der Waals surface area contributed by atoms with E-state index in [0.717, 1.165) is 24.8 Å². The van der Waals surface area contributed by atoms with Crippen LogP contribution in [0.4, 0.5) is 18.9 Å². The molecule has 1 aromatic rings. The molecule has 0 saturated heterocycles. The Bertz CT molecular complexity index is 808. The molecule has 0 bridgehead atoms. The van der Waals surface area contributed by atoms with E-state index in [1.54, 1.807) is 12.1 Å². The van der Waals surface area contributed by atoms with E-state index in [9.17, 15) is 23.1 Å². The van der Waals surface area contributed by atoms with Gasteiger partial charge in [0.1, 0.15) is 5.70 Å². The Kier molecular flexibility index (Phi) is 16.9. The standard InChI is InChI=1S/C27H39F3N2O2.Cs/c1-2-3-4-5-6-7-8-9-10-11-12-13-14-15-16-22-17-19-23(20-18-22)32-25(34)24(21-33)31-26(32)27(28,29)30;/h17-21,33H,2-16H2,1H3;/q;+1/p-1/b24-21-;. The summed E-state index contributed by atoms with van der Waals surface area (Å²) in [6, 6.07) is 6.42. The number of aliphatic imine (C=N–C) groups is 1. The first-order valence-electron chi connectivity index (χ1n) is 12.8. The number of hydrogen-bond donors (Lipinski definition) is 0. The number of anilines is 1. The van der Waals surface area contributed by atoms with E-state index < -0.39 is 23.6 Å². The third kappa shape index (κ3) is 11.8. The van der Waals surface area contributed by atoms with Crippen molar-refractivity contribution in [1.29, 1.82) is 0 Å². The number of hydrogen-bond acceptors (Lipinski definition) is 3. The maximum atomic E-state index is 13.2. The monoisotopic (exact) mass is 612 g/mol. The van der Waals surface area contributed by atoms with Crippen LogP contribution in [0.2, 0.25) is 0 Å². The van der Waals surface area contributed by atoms with Crippen LogP contribution < -0.4 is 78.9 Å². The summed E-state index contributed by atoms with van der Waals surface area (Å²) in [5.74, 6) is -2.43. The molecule has 2 rings (SSSR count). The average molecular weight is 613 g/mol. The van der Waals surface area contributed by atoms with Gasteiger partial charge in [-0.3, -0.25) is 9.69 Å². The smallest absolute Gasteiger partial charge is 0.876 e.